The van der Waals surface area contributed by atoms with Crippen LogP contribution in [0.25, 0.3) is 0 Å². The van der Waals surface area contributed by atoms with Gasteiger partial charge in [0.05, 0.1) is 0 Å². The molecule has 2 rings (SSSR count). The first-order chi connectivity index (χ1) is 5.29. The molecule has 64 valence electrons. The van der Waals surface area contributed by atoms with E-state index >= 15 is 0 Å². The third-order valence-electron chi connectivity index (χ3n) is 2.99. The van der Waals surface area contributed by atoms with Crippen molar-refractivity contribution >= 4 is 0 Å². The minimum atomic E-state index is 0.283. The molecule has 0 amide bonds. The van der Waals surface area contributed by atoms with Crippen LogP contribution in [0, 0.1) is 0 Å². The van der Waals surface area contributed by atoms with Gasteiger partial charge in [-0.3, -0.25) is 0 Å². The number of nitrogens with zero attached hydrogens (tertiary/aromatic N) is 1. The second kappa shape index (κ2) is 2.76. The molecule has 2 aliphatic rings. The Morgan fingerprint density at radius 3 is 2.45 bits per heavy atom. The van der Waals surface area contributed by atoms with Crippen LogP contribution in [-0.4, -0.2) is 30.1 Å². The lowest BCUT2D eigenvalue weighted by atomic mass is 10.1. The highest BCUT2D eigenvalue weighted by Crippen LogP contribution is 2.36. The molecule has 2 heteroatoms. The summed E-state index contributed by atoms with van der Waals surface area (Å²) in [4.78, 5) is 2.52. The fourth-order valence-electron chi connectivity index (χ4n) is 1.67. The van der Waals surface area contributed by atoms with Crippen molar-refractivity contribution < 1.29 is 0 Å². The molecule has 2 fully saturated rings. The van der Waals surface area contributed by atoms with Crippen LogP contribution in [0.3, 0.4) is 0 Å². The van der Waals surface area contributed by atoms with E-state index in [0.717, 1.165) is 0 Å². The molecule has 1 saturated carbocycles. The molecule has 2 nitrogen and oxygen atoms in total. The van der Waals surface area contributed by atoms with Crippen LogP contribution in [-0.2, 0) is 0 Å². The SMILES string of the molecule is NC1(CCCN2CCC2)CC1. The normalized spacial score (nSPS) is 28.1. The molecule has 0 unspecified atom stereocenters. The number of nitrogens with two attached hydrogens (primary N) is 1. The highest BCUT2D eigenvalue weighted by atomic mass is 15.2. The predicted molar refractivity (Wildman–Crippen MR) is 46.4 cm³/mol. The lowest BCUT2D eigenvalue weighted by Crippen LogP contribution is -2.38. The van der Waals surface area contributed by atoms with E-state index in [4.69, 9.17) is 5.73 Å². The molecule has 1 saturated heterocycles. The summed E-state index contributed by atoms with van der Waals surface area (Å²) in [5, 5.41) is 0. The summed E-state index contributed by atoms with van der Waals surface area (Å²) in [6.07, 6.45) is 6.52. The van der Waals surface area contributed by atoms with Gasteiger partial charge in [-0.05, 0) is 51.7 Å². The van der Waals surface area contributed by atoms with Crippen LogP contribution in [0.2, 0.25) is 0 Å². The molecular weight excluding hydrogens is 136 g/mol. The van der Waals surface area contributed by atoms with Gasteiger partial charge in [0.2, 0.25) is 0 Å². The molecule has 1 heterocycles. The Bertz CT molecular complexity index is 136. The van der Waals surface area contributed by atoms with Gasteiger partial charge in [0.15, 0.2) is 0 Å². The molecule has 1 aliphatic heterocycles. The minimum Gasteiger partial charge on any atom is -0.325 e. The second-order valence-electron chi connectivity index (χ2n) is 4.16. The number of hydrogen-bond donors (Lipinski definition) is 1. The highest BCUT2D eigenvalue weighted by Gasteiger charge is 2.37. The van der Waals surface area contributed by atoms with E-state index in [2.05, 4.69) is 4.90 Å². The van der Waals surface area contributed by atoms with Gasteiger partial charge in [0, 0.05) is 5.54 Å². The van der Waals surface area contributed by atoms with Gasteiger partial charge in [-0.25, -0.2) is 0 Å². The largest absolute Gasteiger partial charge is 0.325 e. The number of likely N-dealkylation sites (tertiary alicyclic amines) is 1. The Labute approximate surface area is 68.7 Å². The lowest BCUT2D eigenvalue weighted by molar-refractivity contribution is 0.176. The first-order valence-electron chi connectivity index (χ1n) is 4.80. The smallest absolute Gasteiger partial charge is 0.0156 e. The number of hydrogen-bond acceptors (Lipinski definition) is 2. The van der Waals surface area contributed by atoms with Gasteiger partial charge in [0.1, 0.15) is 0 Å². The molecular formula is C9H18N2. The van der Waals surface area contributed by atoms with Crippen molar-refractivity contribution in [3.63, 3.8) is 0 Å². The van der Waals surface area contributed by atoms with Crippen molar-refractivity contribution in [3.05, 3.63) is 0 Å². The Kier molecular flexibility index (Phi) is 1.90. The highest BCUT2D eigenvalue weighted by molar-refractivity contribution is 4.98. The molecule has 0 spiro atoms. The van der Waals surface area contributed by atoms with Crippen molar-refractivity contribution in [2.45, 2.75) is 37.6 Å². The summed E-state index contributed by atoms with van der Waals surface area (Å²) in [6, 6.07) is 0. The molecule has 0 radical (unpaired) electrons. The van der Waals surface area contributed by atoms with Gasteiger partial charge in [0.25, 0.3) is 0 Å². The Hall–Kier alpha value is -0.0800. The molecule has 1 aliphatic carbocycles. The van der Waals surface area contributed by atoms with Gasteiger partial charge >= 0.3 is 0 Å². The summed E-state index contributed by atoms with van der Waals surface area (Å²) in [6.45, 7) is 3.95. The van der Waals surface area contributed by atoms with Crippen molar-refractivity contribution in [2.75, 3.05) is 19.6 Å². The van der Waals surface area contributed by atoms with Crippen LogP contribution in [0.4, 0.5) is 0 Å². The number of rotatable bonds is 4. The maximum Gasteiger partial charge on any atom is 0.0156 e. The Balaban J connectivity index is 1.53. The van der Waals surface area contributed by atoms with E-state index in [1.165, 1.54) is 51.7 Å². The molecule has 0 atom stereocenters. The summed E-state index contributed by atoms with van der Waals surface area (Å²) in [7, 11) is 0. The van der Waals surface area contributed by atoms with Crippen molar-refractivity contribution in [1.29, 1.82) is 0 Å². The standard InChI is InChI=1S/C9H18N2/c10-9(4-5-9)3-1-6-11-7-2-8-11/h1-8,10H2. The zero-order valence-electron chi connectivity index (χ0n) is 7.18. The fraction of sp³-hybridized carbons (Fsp3) is 1.00. The van der Waals surface area contributed by atoms with E-state index in [1.54, 1.807) is 0 Å². The van der Waals surface area contributed by atoms with E-state index < -0.39 is 0 Å². The van der Waals surface area contributed by atoms with Crippen molar-refractivity contribution in [3.8, 4) is 0 Å². The van der Waals surface area contributed by atoms with Crippen molar-refractivity contribution in [1.82, 2.24) is 4.90 Å². The molecule has 0 aromatic carbocycles. The maximum absolute atomic E-state index is 5.97. The first kappa shape index (κ1) is 7.56. The quantitative estimate of drug-likeness (QED) is 0.653. The molecule has 11 heavy (non-hydrogen) atoms. The minimum absolute atomic E-state index is 0.283. The van der Waals surface area contributed by atoms with Gasteiger partial charge in [-0.15, -0.1) is 0 Å². The van der Waals surface area contributed by atoms with E-state index in [-0.39, 0.29) is 5.54 Å². The van der Waals surface area contributed by atoms with Crippen LogP contribution < -0.4 is 5.73 Å². The van der Waals surface area contributed by atoms with Crippen LogP contribution in [0.5, 0.6) is 0 Å². The van der Waals surface area contributed by atoms with E-state index in [9.17, 15) is 0 Å². The van der Waals surface area contributed by atoms with Crippen LogP contribution in [0.15, 0.2) is 0 Å². The zero-order chi connectivity index (χ0) is 7.73. The van der Waals surface area contributed by atoms with Crippen molar-refractivity contribution in [2.24, 2.45) is 5.73 Å². The summed E-state index contributed by atoms with van der Waals surface area (Å²) >= 11 is 0. The van der Waals surface area contributed by atoms with Crippen LogP contribution in [0.1, 0.15) is 32.1 Å². The summed E-state index contributed by atoms with van der Waals surface area (Å²) in [5.41, 5.74) is 6.26. The van der Waals surface area contributed by atoms with Gasteiger partial charge in [-0.2, -0.15) is 0 Å². The Morgan fingerprint density at radius 2 is 2.00 bits per heavy atom. The average molecular weight is 154 g/mol. The van der Waals surface area contributed by atoms with E-state index in [1.807, 2.05) is 0 Å². The predicted octanol–water partition coefficient (Wildman–Crippen LogP) is 0.964. The second-order valence-corrected chi connectivity index (χ2v) is 4.16. The molecule has 0 aromatic heterocycles. The third-order valence-corrected chi connectivity index (χ3v) is 2.99. The maximum atomic E-state index is 5.97. The molecule has 0 bridgehead atoms. The molecule has 2 N–H and O–H groups in total. The van der Waals surface area contributed by atoms with Gasteiger partial charge in [-0.1, -0.05) is 0 Å². The topological polar surface area (TPSA) is 29.3 Å². The monoisotopic (exact) mass is 154 g/mol. The van der Waals surface area contributed by atoms with Gasteiger partial charge < -0.3 is 10.6 Å². The summed E-state index contributed by atoms with van der Waals surface area (Å²) in [5.74, 6) is 0. The van der Waals surface area contributed by atoms with E-state index in [0.29, 0.717) is 0 Å². The molecule has 0 aromatic rings. The first-order valence-corrected chi connectivity index (χ1v) is 4.80. The van der Waals surface area contributed by atoms with Crippen LogP contribution >= 0.6 is 0 Å². The zero-order valence-corrected chi connectivity index (χ0v) is 7.18. The summed E-state index contributed by atoms with van der Waals surface area (Å²) < 4.78 is 0. The lowest BCUT2D eigenvalue weighted by Gasteiger charge is -2.30. The fourth-order valence-corrected chi connectivity index (χ4v) is 1.67. The average Bonchev–Trinajstić information content (AvgIpc) is 2.57. The Morgan fingerprint density at radius 1 is 1.27 bits per heavy atom. The third kappa shape index (κ3) is 1.94.